The molecule has 1 saturated heterocycles. The van der Waals surface area contributed by atoms with Crippen LogP contribution in [0, 0.1) is 0 Å². The molecule has 1 fully saturated rings. The van der Waals surface area contributed by atoms with Gasteiger partial charge in [0.15, 0.2) is 11.5 Å². The van der Waals surface area contributed by atoms with Crippen molar-refractivity contribution in [2.75, 3.05) is 20.8 Å². The first-order valence-electron chi connectivity index (χ1n) is 6.42. The summed E-state index contributed by atoms with van der Waals surface area (Å²) in [6.45, 7) is -0.0177. The fourth-order valence-corrected chi connectivity index (χ4v) is 2.48. The standard InChI is InChI=1S/C14H17NO6/c1-20-11-5-3-4-9(12(11)21-2)13(17)15-7-8(16)6-10(15)14(18)19/h3-5,8,10,16H,6-7H2,1-2H3,(H,18,19)/t8-,10+/m1/s1. The number of para-hydroxylation sites is 1. The molecule has 0 aromatic heterocycles. The average Bonchev–Trinajstić information content (AvgIpc) is 2.87. The first-order valence-corrected chi connectivity index (χ1v) is 6.42. The Hall–Kier alpha value is -2.28. The molecule has 0 aliphatic carbocycles. The maximum atomic E-state index is 12.6. The Balaban J connectivity index is 2.38. The lowest BCUT2D eigenvalue weighted by atomic mass is 10.1. The van der Waals surface area contributed by atoms with Gasteiger partial charge in [0.2, 0.25) is 0 Å². The van der Waals surface area contributed by atoms with Crippen molar-refractivity contribution in [1.29, 1.82) is 0 Å². The van der Waals surface area contributed by atoms with Crippen LogP contribution in [0.15, 0.2) is 18.2 Å². The van der Waals surface area contributed by atoms with Gasteiger partial charge in [-0.15, -0.1) is 0 Å². The van der Waals surface area contributed by atoms with Crippen LogP contribution in [0.2, 0.25) is 0 Å². The van der Waals surface area contributed by atoms with Crippen LogP contribution in [-0.4, -0.2) is 59.9 Å². The number of carbonyl (C=O) groups is 2. The van der Waals surface area contributed by atoms with Crippen LogP contribution in [0.5, 0.6) is 11.5 Å². The van der Waals surface area contributed by atoms with Crippen LogP contribution in [0.25, 0.3) is 0 Å². The molecule has 1 aliphatic heterocycles. The highest BCUT2D eigenvalue weighted by Crippen LogP contribution is 2.33. The van der Waals surface area contributed by atoms with Crippen molar-refractivity contribution < 1.29 is 29.3 Å². The number of amides is 1. The second kappa shape index (κ2) is 6.01. The lowest BCUT2D eigenvalue weighted by Gasteiger charge is -2.22. The molecule has 1 aromatic rings. The molecule has 0 saturated carbocycles. The number of benzene rings is 1. The van der Waals surface area contributed by atoms with E-state index < -0.39 is 24.0 Å². The maximum Gasteiger partial charge on any atom is 0.326 e. The Morgan fingerprint density at radius 1 is 1.29 bits per heavy atom. The van der Waals surface area contributed by atoms with E-state index in [4.69, 9.17) is 14.6 Å². The third kappa shape index (κ3) is 2.78. The van der Waals surface area contributed by atoms with Crippen LogP contribution in [0.4, 0.5) is 0 Å². The molecule has 7 heteroatoms. The number of likely N-dealkylation sites (tertiary alicyclic amines) is 1. The van der Waals surface area contributed by atoms with Crippen molar-refractivity contribution in [2.45, 2.75) is 18.6 Å². The summed E-state index contributed by atoms with van der Waals surface area (Å²) in [6, 6.07) is 3.76. The monoisotopic (exact) mass is 295 g/mol. The quantitative estimate of drug-likeness (QED) is 0.833. The summed E-state index contributed by atoms with van der Waals surface area (Å²) in [4.78, 5) is 24.9. The zero-order chi connectivity index (χ0) is 15.6. The number of carboxylic acids is 1. The average molecular weight is 295 g/mol. The fraction of sp³-hybridized carbons (Fsp3) is 0.429. The highest BCUT2D eigenvalue weighted by Gasteiger charge is 2.40. The lowest BCUT2D eigenvalue weighted by Crippen LogP contribution is -2.40. The number of β-amino-alcohol motifs (C(OH)–C–C–N with tert-alkyl or cyclic N) is 1. The Labute approximate surface area is 121 Å². The summed E-state index contributed by atoms with van der Waals surface area (Å²) in [7, 11) is 2.86. The first-order chi connectivity index (χ1) is 9.99. The molecule has 7 nitrogen and oxygen atoms in total. The molecule has 2 N–H and O–H groups in total. The molecule has 21 heavy (non-hydrogen) atoms. The summed E-state index contributed by atoms with van der Waals surface area (Å²) >= 11 is 0. The number of carbonyl (C=O) groups excluding carboxylic acids is 1. The number of carboxylic acid groups (broad SMARTS) is 1. The zero-order valence-electron chi connectivity index (χ0n) is 11.8. The minimum Gasteiger partial charge on any atom is -0.493 e. The van der Waals surface area contributed by atoms with Crippen molar-refractivity contribution in [3.8, 4) is 11.5 Å². The number of hydrogen-bond donors (Lipinski definition) is 2. The van der Waals surface area contributed by atoms with Crippen LogP contribution in [-0.2, 0) is 4.79 Å². The van der Waals surface area contributed by atoms with Crippen molar-refractivity contribution in [1.82, 2.24) is 4.90 Å². The van der Waals surface area contributed by atoms with Gasteiger partial charge >= 0.3 is 5.97 Å². The molecule has 0 bridgehead atoms. The molecule has 1 amide bonds. The summed E-state index contributed by atoms with van der Waals surface area (Å²) < 4.78 is 10.3. The van der Waals surface area contributed by atoms with Gasteiger partial charge in [0, 0.05) is 13.0 Å². The molecule has 0 radical (unpaired) electrons. The van der Waals surface area contributed by atoms with E-state index in [9.17, 15) is 14.7 Å². The molecule has 1 aliphatic rings. The van der Waals surface area contributed by atoms with Gasteiger partial charge in [0.25, 0.3) is 5.91 Å². The molecule has 2 rings (SSSR count). The summed E-state index contributed by atoms with van der Waals surface area (Å²) in [5, 5.41) is 18.8. The van der Waals surface area contributed by atoms with E-state index >= 15 is 0 Å². The number of hydrogen-bond acceptors (Lipinski definition) is 5. The molecule has 114 valence electrons. The number of aliphatic hydroxyl groups excluding tert-OH is 1. The predicted molar refractivity (Wildman–Crippen MR) is 72.6 cm³/mol. The van der Waals surface area contributed by atoms with Gasteiger partial charge in [-0.05, 0) is 12.1 Å². The van der Waals surface area contributed by atoms with Crippen molar-refractivity contribution >= 4 is 11.9 Å². The van der Waals surface area contributed by atoms with E-state index in [0.29, 0.717) is 5.75 Å². The number of nitrogens with zero attached hydrogens (tertiary/aromatic N) is 1. The smallest absolute Gasteiger partial charge is 0.326 e. The predicted octanol–water partition coefficient (Wildman–Crippen LogP) is 0.364. The molecule has 2 atom stereocenters. The second-order valence-electron chi connectivity index (χ2n) is 4.74. The van der Waals surface area contributed by atoms with E-state index in [-0.39, 0.29) is 24.3 Å². The number of rotatable bonds is 4. The largest absolute Gasteiger partial charge is 0.493 e. The van der Waals surface area contributed by atoms with Crippen molar-refractivity contribution in [3.63, 3.8) is 0 Å². The Morgan fingerprint density at radius 2 is 2.00 bits per heavy atom. The van der Waals surface area contributed by atoms with Gasteiger partial charge in [0.1, 0.15) is 6.04 Å². The molecule has 0 unspecified atom stereocenters. The van der Waals surface area contributed by atoms with Gasteiger partial charge in [-0.1, -0.05) is 6.07 Å². The third-order valence-corrected chi connectivity index (χ3v) is 3.46. The number of methoxy groups -OCH3 is 2. The summed E-state index contributed by atoms with van der Waals surface area (Å²) in [5.41, 5.74) is 0.206. The van der Waals surface area contributed by atoms with E-state index in [1.54, 1.807) is 12.1 Å². The normalized spacial score (nSPS) is 21.2. The van der Waals surface area contributed by atoms with E-state index in [1.165, 1.54) is 20.3 Å². The molecule has 1 aromatic carbocycles. The SMILES string of the molecule is COc1cccc(C(=O)N2C[C@H](O)C[C@H]2C(=O)O)c1OC. The summed E-state index contributed by atoms with van der Waals surface area (Å²) in [5.74, 6) is -1.01. The zero-order valence-corrected chi connectivity index (χ0v) is 11.8. The first kappa shape index (κ1) is 15.1. The molecule has 1 heterocycles. The van der Waals surface area contributed by atoms with Crippen LogP contribution in [0.1, 0.15) is 16.8 Å². The minimum atomic E-state index is -1.14. The van der Waals surface area contributed by atoms with E-state index in [1.807, 2.05) is 0 Å². The van der Waals surface area contributed by atoms with E-state index in [2.05, 4.69) is 0 Å². The highest BCUT2D eigenvalue weighted by molar-refractivity contribution is 6.00. The van der Waals surface area contributed by atoms with Crippen LogP contribution < -0.4 is 9.47 Å². The van der Waals surface area contributed by atoms with E-state index in [0.717, 1.165) is 4.90 Å². The minimum absolute atomic E-state index is 0.0177. The van der Waals surface area contributed by atoms with Gasteiger partial charge in [-0.2, -0.15) is 0 Å². The Bertz CT molecular complexity index is 558. The number of aliphatic hydroxyl groups is 1. The Morgan fingerprint density at radius 3 is 2.57 bits per heavy atom. The second-order valence-corrected chi connectivity index (χ2v) is 4.74. The molecular formula is C14H17NO6. The lowest BCUT2D eigenvalue weighted by molar-refractivity contribution is -0.141. The third-order valence-electron chi connectivity index (χ3n) is 3.46. The topological polar surface area (TPSA) is 96.3 Å². The molecular weight excluding hydrogens is 278 g/mol. The number of aliphatic carboxylic acids is 1. The van der Waals surface area contributed by atoms with Crippen LogP contribution in [0.3, 0.4) is 0 Å². The van der Waals surface area contributed by atoms with Crippen molar-refractivity contribution in [2.24, 2.45) is 0 Å². The van der Waals surface area contributed by atoms with Crippen molar-refractivity contribution in [3.05, 3.63) is 23.8 Å². The Kier molecular flexibility index (Phi) is 4.32. The molecule has 0 spiro atoms. The van der Waals surface area contributed by atoms with Gasteiger partial charge in [-0.25, -0.2) is 4.79 Å². The van der Waals surface area contributed by atoms with Gasteiger partial charge in [0.05, 0.1) is 25.9 Å². The fourth-order valence-electron chi connectivity index (χ4n) is 2.48. The summed E-state index contributed by atoms with van der Waals surface area (Å²) in [6.07, 6.45) is -0.820. The van der Waals surface area contributed by atoms with Gasteiger partial charge in [-0.3, -0.25) is 4.79 Å². The number of ether oxygens (including phenoxy) is 2. The maximum absolute atomic E-state index is 12.6. The van der Waals surface area contributed by atoms with Gasteiger partial charge < -0.3 is 24.6 Å². The highest BCUT2D eigenvalue weighted by atomic mass is 16.5. The van der Waals surface area contributed by atoms with Crippen LogP contribution >= 0.6 is 0 Å².